The van der Waals surface area contributed by atoms with Crippen LogP contribution in [0.5, 0.6) is 5.19 Å². The minimum atomic E-state index is -4.35. The number of carbonyl (C=O) groups is 1. The minimum absolute atomic E-state index is 0.0264. The van der Waals surface area contributed by atoms with Gasteiger partial charge in [0, 0.05) is 42.8 Å². The van der Waals surface area contributed by atoms with Crippen LogP contribution in [0.15, 0.2) is 12.4 Å². The van der Waals surface area contributed by atoms with Crippen molar-refractivity contribution in [3.05, 3.63) is 34.4 Å². The van der Waals surface area contributed by atoms with E-state index in [1.165, 1.54) is 11.3 Å². The van der Waals surface area contributed by atoms with E-state index in [0.29, 0.717) is 18.2 Å². The van der Waals surface area contributed by atoms with Gasteiger partial charge in [0.15, 0.2) is 6.61 Å². The molecule has 1 aliphatic carbocycles. The predicted molar refractivity (Wildman–Crippen MR) is 126 cm³/mol. The highest BCUT2D eigenvalue weighted by molar-refractivity contribution is 7.13. The Bertz CT molecular complexity index is 949. The molecule has 35 heavy (non-hydrogen) atoms. The summed E-state index contributed by atoms with van der Waals surface area (Å²) in [6.07, 6.45) is 6.28. The summed E-state index contributed by atoms with van der Waals surface area (Å²) in [6.45, 7) is 3.30. The lowest BCUT2D eigenvalue weighted by Crippen LogP contribution is -2.39. The first-order valence-corrected chi connectivity index (χ1v) is 13.0. The molecular formula is C24H32F3N5O2S. The summed E-state index contributed by atoms with van der Waals surface area (Å²) >= 11 is 1.24. The van der Waals surface area contributed by atoms with Crippen LogP contribution in [0.4, 0.5) is 13.2 Å². The first kappa shape index (κ1) is 25.8. The highest BCUT2D eigenvalue weighted by Crippen LogP contribution is 2.31. The van der Waals surface area contributed by atoms with Crippen LogP contribution < -0.4 is 10.1 Å². The number of halogens is 3. The highest BCUT2D eigenvalue weighted by Gasteiger charge is 2.30. The van der Waals surface area contributed by atoms with Crippen molar-refractivity contribution in [1.29, 1.82) is 0 Å². The van der Waals surface area contributed by atoms with Gasteiger partial charge in [-0.2, -0.15) is 13.2 Å². The Kier molecular flexibility index (Phi) is 8.59. The lowest BCUT2D eigenvalue weighted by Gasteiger charge is -2.30. The van der Waals surface area contributed by atoms with E-state index in [1.54, 1.807) is 12.4 Å². The largest absolute Gasteiger partial charge is 0.460 e. The number of hydrogen-bond acceptors (Lipinski definition) is 7. The maximum atomic E-state index is 12.4. The summed E-state index contributed by atoms with van der Waals surface area (Å²) in [4.78, 5) is 28.4. The molecule has 3 heterocycles. The van der Waals surface area contributed by atoms with Gasteiger partial charge in [-0.15, -0.1) is 0 Å². The molecule has 7 nitrogen and oxygen atoms in total. The van der Waals surface area contributed by atoms with Crippen molar-refractivity contribution in [2.45, 2.75) is 70.5 Å². The van der Waals surface area contributed by atoms with Crippen molar-refractivity contribution >= 4 is 17.2 Å². The zero-order valence-electron chi connectivity index (χ0n) is 19.9. The molecular weight excluding hydrogens is 479 g/mol. The highest BCUT2D eigenvalue weighted by atomic mass is 32.1. The van der Waals surface area contributed by atoms with Gasteiger partial charge in [-0.3, -0.25) is 4.79 Å². The topological polar surface area (TPSA) is 80.2 Å². The molecule has 11 heteroatoms. The Labute approximate surface area is 207 Å². The average molecular weight is 512 g/mol. The second kappa shape index (κ2) is 11.6. The number of fused-ring (bicyclic) bond motifs is 1. The second-order valence-corrected chi connectivity index (χ2v) is 10.5. The second-order valence-electron chi connectivity index (χ2n) is 9.48. The van der Waals surface area contributed by atoms with Crippen LogP contribution in [0.2, 0.25) is 0 Å². The van der Waals surface area contributed by atoms with Crippen LogP contribution in [0.3, 0.4) is 0 Å². The summed E-state index contributed by atoms with van der Waals surface area (Å²) in [7, 11) is 0. The zero-order valence-corrected chi connectivity index (χ0v) is 20.8. The van der Waals surface area contributed by atoms with Crippen LogP contribution in [-0.4, -0.2) is 64.2 Å². The van der Waals surface area contributed by atoms with E-state index in [4.69, 9.17) is 4.74 Å². The van der Waals surface area contributed by atoms with Gasteiger partial charge in [0.2, 0.25) is 5.91 Å². The third kappa shape index (κ3) is 8.13. The standard InChI is InChI=1S/C24H32F3N5O2S/c1-16-28-13-18(14-29-16)12-22(33)30-19-4-2-17(3-5-19)6-9-32-10-7-20-21(8-11-32)35-23(31-20)34-15-24(25,26)27/h13-14,17,19H,2-12,15H2,1H3,(H,30,33)/t17-,19-. The molecule has 4 rings (SSSR count). The van der Waals surface area contributed by atoms with Gasteiger partial charge < -0.3 is 15.0 Å². The van der Waals surface area contributed by atoms with Crippen molar-refractivity contribution in [1.82, 2.24) is 25.2 Å². The number of rotatable bonds is 8. The molecule has 0 atom stereocenters. The normalized spacial score (nSPS) is 21.3. The van der Waals surface area contributed by atoms with Crippen molar-refractivity contribution in [2.24, 2.45) is 5.92 Å². The van der Waals surface area contributed by atoms with Crippen LogP contribution in [0.25, 0.3) is 0 Å². The molecule has 0 aromatic carbocycles. The maximum Gasteiger partial charge on any atom is 0.422 e. The van der Waals surface area contributed by atoms with Gasteiger partial charge in [0.25, 0.3) is 5.19 Å². The minimum Gasteiger partial charge on any atom is -0.460 e. The first-order valence-electron chi connectivity index (χ1n) is 12.2. The molecule has 0 unspecified atom stereocenters. The van der Waals surface area contributed by atoms with E-state index >= 15 is 0 Å². The molecule has 1 fully saturated rings. The number of amides is 1. The monoisotopic (exact) mass is 511 g/mol. The SMILES string of the molecule is Cc1ncc(CC(=O)N[C@H]2CC[C@H](CCN3CCc4nc(OCC(F)(F)F)sc4CC3)CC2)cn1. The van der Waals surface area contributed by atoms with E-state index in [9.17, 15) is 18.0 Å². The maximum absolute atomic E-state index is 12.4. The Hall–Kier alpha value is -2.27. The Morgan fingerprint density at radius 3 is 2.60 bits per heavy atom. The molecule has 1 saturated carbocycles. The molecule has 0 radical (unpaired) electrons. The summed E-state index contributed by atoms with van der Waals surface area (Å²) in [5.41, 5.74) is 1.71. The smallest absolute Gasteiger partial charge is 0.422 e. The van der Waals surface area contributed by atoms with E-state index in [0.717, 1.165) is 80.7 Å². The molecule has 192 valence electrons. The molecule has 0 bridgehead atoms. The molecule has 2 aliphatic rings. The Balaban J connectivity index is 1.13. The lowest BCUT2D eigenvalue weighted by atomic mass is 9.84. The predicted octanol–water partition coefficient (Wildman–Crippen LogP) is 3.89. The number of alkyl halides is 3. The fourth-order valence-electron chi connectivity index (χ4n) is 4.75. The molecule has 2 aromatic heterocycles. The third-order valence-electron chi connectivity index (χ3n) is 6.70. The number of thiazole rings is 1. The van der Waals surface area contributed by atoms with Crippen LogP contribution >= 0.6 is 11.3 Å². The number of nitrogens with one attached hydrogen (secondary N) is 1. The van der Waals surface area contributed by atoms with Crippen molar-refractivity contribution in [2.75, 3.05) is 26.2 Å². The molecule has 1 N–H and O–H groups in total. The summed E-state index contributed by atoms with van der Waals surface area (Å²) < 4.78 is 41.9. The number of aryl methyl sites for hydroxylation is 1. The quantitative estimate of drug-likeness (QED) is 0.579. The summed E-state index contributed by atoms with van der Waals surface area (Å²) in [5, 5.41) is 3.28. The summed E-state index contributed by atoms with van der Waals surface area (Å²) in [5.74, 6) is 1.38. The number of ether oxygens (including phenoxy) is 1. The van der Waals surface area contributed by atoms with E-state index in [-0.39, 0.29) is 17.1 Å². The molecule has 2 aromatic rings. The summed E-state index contributed by atoms with van der Waals surface area (Å²) in [6, 6.07) is 0.235. The van der Waals surface area contributed by atoms with Crippen molar-refractivity contribution in [3.8, 4) is 5.19 Å². The number of aromatic nitrogens is 3. The van der Waals surface area contributed by atoms with Gasteiger partial charge >= 0.3 is 6.18 Å². The third-order valence-corrected chi connectivity index (χ3v) is 7.77. The fourth-order valence-corrected chi connectivity index (χ4v) is 5.69. The van der Waals surface area contributed by atoms with E-state index in [2.05, 4.69) is 25.2 Å². The van der Waals surface area contributed by atoms with Crippen molar-refractivity contribution in [3.63, 3.8) is 0 Å². The molecule has 0 saturated heterocycles. The van der Waals surface area contributed by atoms with Gasteiger partial charge in [-0.05, 0) is 63.5 Å². The lowest BCUT2D eigenvalue weighted by molar-refractivity contribution is -0.153. The van der Waals surface area contributed by atoms with E-state index < -0.39 is 12.8 Å². The molecule has 1 amide bonds. The van der Waals surface area contributed by atoms with Gasteiger partial charge in [-0.1, -0.05) is 11.3 Å². The molecule has 1 aliphatic heterocycles. The first-order chi connectivity index (χ1) is 16.7. The van der Waals surface area contributed by atoms with Gasteiger partial charge in [0.05, 0.1) is 12.1 Å². The van der Waals surface area contributed by atoms with Gasteiger partial charge in [0.1, 0.15) is 5.82 Å². The van der Waals surface area contributed by atoms with E-state index in [1.807, 2.05) is 6.92 Å². The number of hydrogen-bond donors (Lipinski definition) is 1. The van der Waals surface area contributed by atoms with Crippen LogP contribution in [-0.2, 0) is 24.1 Å². The molecule has 0 spiro atoms. The van der Waals surface area contributed by atoms with Crippen LogP contribution in [0, 0.1) is 12.8 Å². The Morgan fingerprint density at radius 1 is 1.17 bits per heavy atom. The fraction of sp³-hybridized carbons (Fsp3) is 0.667. The van der Waals surface area contributed by atoms with Crippen LogP contribution in [0.1, 0.15) is 54.1 Å². The zero-order chi connectivity index (χ0) is 24.8. The Morgan fingerprint density at radius 2 is 1.89 bits per heavy atom. The average Bonchev–Trinajstić information content (AvgIpc) is 3.11. The number of nitrogens with zero attached hydrogens (tertiary/aromatic N) is 4. The van der Waals surface area contributed by atoms with Crippen molar-refractivity contribution < 1.29 is 22.7 Å². The number of carbonyl (C=O) groups excluding carboxylic acids is 1. The van der Waals surface area contributed by atoms with Gasteiger partial charge in [-0.25, -0.2) is 15.0 Å².